The van der Waals surface area contributed by atoms with Crippen molar-refractivity contribution in [1.29, 1.82) is 0 Å². The molecule has 31 heavy (non-hydrogen) atoms. The van der Waals surface area contributed by atoms with Crippen LogP contribution >= 0.6 is 0 Å². The minimum absolute atomic E-state index is 0.00489. The molecule has 0 bridgehead atoms. The Kier molecular flexibility index (Phi) is 6.38. The van der Waals surface area contributed by atoms with Gasteiger partial charge < -0.3 is 14.9 Å². The quantitative estimate of drug-likeness (QED) is 0.327. The molecule has 0 spiro atoms. The highest BCUT2D eigenvalue weighted by molar-refractivity contribution is 7.89. The van der Waals surface area contributed by atoms with Crippen LogP contribution in [-0.4, -0.2) is 39.4 Å². The maximum Gasteiger partial charge on any atom is 0.324 e. The molecule has 1 heterocycles. The van der Waals surface area contributed by atoms with Gasteiger partial charge in [0.2, 0.25) is 10.0 Å². The first-order valence-electron chi connectivity index (χ1n) is 9.93. The first-order chi connectivity index (χ1) is 14.5. The van der Waals surface area contributed by atoms with Crippen molar-refractivity contribution in [3.63, 3.8) is 0 Å². The van der Waals surface area contributed by atoms with Crippen molar-refractivity contribution < 1.29 is 22.4 Å². The lowest BCUT2D eigenvalue weighted by molar-refractivity contribution is -0.143. The first kappa shape index (κ1) is 22.8. The molecule has 0 fully saturated rings. The number of benzene rings is 2. The highest BCUT2D eigenvalue weighted by atomic mass is 32.2. The smallest absolute Gasteiger partial charge is 0.324 e. The number of hydrogen-bond donors (Lipinski definition) is 2. The number of rotatable bonds is 7. The molecule has 1 atom stereocenters. The lowest BCUT2D eigenvalue weighted by atomic mass is 10.1. The fraction of sp³-hybridized carbons (Fsp3) is 0.364. The number of fused-ring (bicyclic) bond motifs is 3. The van der Waals surface area contributed by atoms with Crippen molar-refractivity contribution >= 4 is 43.8 Å². The Morgan fingerprint density at radius 3 is 2.39 bits per heavy atom. The highest BCUT2D eigenvalue weighted by Crippen LogP contribution is 2.31. The van der Waals surface area contributed by atoms with Crippen LogP contribution in [0.1, 0.15) is 33.3 Å². The largest absolute Gasteiger partial charge is 0.468 e. The summed E-state index contributed by atoms with van der Waals surface area (Å²) in [5, 5.41) is 1.56. The van der Waals surface area contributed by atoms with Crippen LogP contribution in [0.4, 0.5) is 0 Å². The summed E-state index contributed by atoms with van der Waals surface area (Å²) in [6.45, 7) is 7.36. The van der Waals surface area contributed by atoms with E-state index < -0.39 is 22.0 Å². The summed E-state index contributed by atoms with van der Waals surface area (Å²) < 4.78 is 38.8. The van der Waals surface area contributed by atoms with Gasteiger partial charge in [-0.15, -0.1) is 0 Å². The number of nitrogens with two attached hydrogens (primary N) is 1. The molecule has 0 amide bonds. The van der Waals surface area contributed by atoms with E-state index in [1.54, 1.807) is 26.0 Å². The zero-order chi connectivity index (χ0) is 22.9. The number of ether oxygens (including phenoxy) is 1. The van der Waals surface area contributed by atoms with Crippen molar-refractivity contribution in [2.24, 2.45) is 16.6 Å². The molecule has 3 N–H and O–H groups in total. The van der Waals surface area contributed by atoms with Crippen molar-refractivity contribution in [1.82, 2.24) is 4.72 Å². The molecule has 3 rings (SSSR count). The van der Waals surface area contributed by atoms with Gasteiger partial charge in [-0.2, -0.15) is 4.72 Å². The Bertz CT molecular complexity index is 1260. The number of nitrogens with one attached hydrogen (secondary N) is 1. The number of furan rings is 1. The van der Waals surface area contributed by atoms with Gasteiger partial charge in [0.05, 0.1) is 12.0 Å². The maximum absolute atomic E-state index is 12.9. The molecule has 3 aromatic rings. The summed E-state index contributed by atoms with van der Waals surface area (Å²) in [5.41, 5.74) is 7.86. The van der Waals surface area contributed by atoms with Gasteiger partial charge in [-0.3, -0.25) is 9.79 Å². The van der Waals surface area contributed by atoms with Gasteiger partial charge in [0.1, 0.15) is 23.0 Å². The number of esters is 1. The van der Waals surface area contributed by atoms with E-state index in [4.69, 9.17) is 14.9 Å². The number of carbonyl (C=O) groups excluding carboxylic acids is 1. The topological polar surface area (TPSA) is 124 Å². The molecule has 0 saturated heterocycles. The monoisotopic (exact) mass is 445 g/mol. The van der Waals surface area contributed by atoms with Gasteiger partial charge in [-0.05, 0) is 50.1 Å². The minimum atomic E-state index is -3.97. The van der Waals surface area contributed by atoms with Gasteiger partial charge in [-0.25, -0.2) is 8.42 Å². The van der Waals surface area contributed by atoms with E-state index in [2.05, 4.69) is 9.71 Å². The molecule has 166 valence electrons. The third-order valence-electron chi connectivity index (χ3n) is 4.85. The molecule has 0 aliphatic carbocycles. The number of sulfonamides is 1. The van der Waals surface area contributed by atoms with E-state index in [1.807, 2.05) is 26.0 Å². The van der Waals surface area contributed by atoms with Gasteiger partial charge in [0, 0.05) is 28.4 Å². The van der Waals surface area contributed by atoms with Crippen LogP contribution in [0.25, 0.3) is 21.9 Å². The SMILES string of the molecule is COC(=O)[C@@H](NS(=O)(=O)c1ccc2c(c1)oc1ccc(C(N)=NC(C)C)cc12)C(C)C. The molecule has 0 radical (unpaired) electrons. The number of amidine groups is 1. The van der Waals surface area contributed by atoms with E-state index in [0.29, 0.717) is 17.0 Å². The molecular weight excluding hydrogens is 418 g/mol. The zero-order valence-corrected chi connectivity index (χ0v) is 19.0. The Morgan fingerprint density at radius 2 is 1.77 bits per heavy atom. The van der Waals surface area contributed by atoms with Gasteiger partial charge in [0.15, 0.2) is 0 Å². The Morgan fingerprint density at radius 1 is 1.06 bits per heavy atom. The predicted octanol–water partition coefficient (Wildman–Crippen LogP) is 3.18. The number of hydrogen-bond acceptors (Lipinski definition) is 6. The number of nitrogens with zero attached hydrogens (tertiary/aromatic N) is 1. The van der Waals surface area contributed by atoms with Crippen molar-refractivity contribution in [3.05, 3.63) is 42.0 Å². The summed E-state index contributed by atoms with van der Waals surface area (Å²) in [5.74, 6) is -0.498. The van der Waals surface area contributed by atoms with E-state index in [-0.39, 0.29) is 16.9 Å². The van der Waals surface area contributed by atoms with Crippen LogP contribution in [-0.2, 0) is 19.6 Å². The molecule has 8 nitrogen and oxygen atoms in total. The van der Waals surface area contributed by atoms with Crippen molar-refractivity contribution in [2.75, 3.05) is 7.11 Å². The van der Waals surface area contributed by atoms with E-state index in [0.717, 1.165) is 16.3 Å². The summed E-state index contributed by atoms with van der Waals surface area (Å²) in [4.78, 5) is 16.3. The summed E-state index contributed by atoms with van der Waals surface area (Å²) in [6, 6.07) is 9.15. The lowest BCUT2D eigenvalue weighted by Gasteiger charge is -2.19. The fourth-order valence-corrected chi connectivity index (χ4v) is 4.60. The van der Waals surface area contributed by atoms with Crippen LogP contribution in [0.3, 0.4) is 0 Å². The molecule has 1 aromatic heterocycles. The number of carbonyl (C=O) groups is 1. The Balaban J connectivity index is 2.03. The Labute approximate surface area is 181 Å². The second-order valence-electron chi connectivity index (χ2n) is 7.95. The number of aliphatic imine (C=N–C) groups is 1. The van der Waals surface area contributed by atoms with Gasteiger partial charge in [0.25, 0.3) is 0 Å². The lowest BCUT2D eigenvalue weighted by Crippen LogP contribution is -2.44. The molecule has 0 aliphatic heterocycles. The van der Waals surface area contributed by atoms with E-state index in [1.165, 1.54) is 19.2 Å². The molecule has 9 heteroatoms. The average Bonchev–Trinajstić information content (AvgIpc) is 3.07. The summed E-state index contributed by atoms with van der Waals surface area (Å²) in [7, 11) is -2.75. The third kappa shape index (κ3) is 4.72. The fourth-order valence-electron chi connectivity index (χ4n) is 3.26. The zero-order valence-electron chi connectivity index (χ0n) is 18.2. The van der Waals surface area contributed by atoms with E-state index >= 15 is 0 Å². The van der Waals surface area contributed by atoms with Crippen LogP contribution in [0.2, 0.25) is 0 Å². The second kappa shape index (κ2) is 8.68. The normalized spacial score (nSPS) is 14.0. The van der Waals surface area contributed by atoms with Crippen LogP contribution in [0.15, 0.2) is 50.7 Å². The average molecular weight is 446 g/mol. The maximum atomic E-state index is 12.9. The van der Waals surface area contributed by atoms with Gasteiger partial charge in [-0.1, -0.05) is 13.8 Å². The van der Waals surface area contributed by atoms with Crippen LogP contribution in [0.5, 0.6) is 0 Å². The van der Waals surface area contributed by atoms with Crippen LogP contribution in [0, 0.1) is 5.92 Å². The van der Waals surface area contributed by atoms with E-state index in [9.17, 15) is 13.2 Å². The number of methoxy groups -OCH3 is 1. The molecule has 0 aliphatic rings. The highest BCUT2D eigenvalue weighted by Gasteiger charge is 2.29. The van der Waals surface area contributed by atoms with Gasteiger partial charge >= 0.3 is 5.97 Å². The minimum Gasteiger partial charge on any atom is -0.468 e. The standard InChI is InChI=1S/C22H27N3O5S/c1-12(2)20(22(26)29-5)25-31(27,28)15-7-8-16-17-10-14(21(23)24-13(3)4)6-9-18(17)30-19(16)11-15/h6-13,20,25H,1-5H3,(H2,23,24)/t20-/m0/s1. The molecule has 0 unspecified atom stereocenters. The molecule has 2 aromatic carbocycles. The van der Waals surface area contributed by atoms with Crippen molar-refractivity contribution in [3.8, 4) is 0 Å². The molecule has 0 saturated carbocycles. The second-order valence-corrected chi connectivity index (χ2v) is 9.66. The summed E-state index contributed by atoms with van der Waals surface area (Å²) in [6.07, 6.45) is 0. The van der Waals surface area contributed by atoms with Crippen LogP contribution < -0.4 is 10.5 Å². The third-order valence-corrected chi connectivity index (χ3v) is 6.29. The Hall–Kier alpha value is -2.91. The summed E-state index contributed by atoms with van der Waals surface area (Å²) >= 11 is 0. The van der Waals surface area contributed by atoms with Crippen molar-refractivity contribution in [2.45, 2.75) is 44.7 Å². The first-order valence-corrected chi connectivity index (χ1v) is 11.4. The molecular formula is C22H27N3O5S. The predicted molar refractivity (Wildman–Crippen MR) is 121 cm³/mol.